The third-order valence-corrected chi connectivity index (χ3v) is 5.33. The van der Waals surface area contributed by atoms with Gasteiger partial charge in [0, 0.05) is 12.2 Å². The molecule has 0 unspecified atom stereocenters. The van der Waals surface area contributed by atoms with Gasteiger partial charge in [0.1, 0.15) is 0 Å². The van der Waals surface area contributed by atoms with Crippen molar-refractivity contribution in [1.29, 1.82) is 0 Å². The van der Waals surface area contributed by atoms with Gasteiger partial charge >= 0.3 is 0 Å². The summed E-state index contributed by atoms with van der Waals surface area (Å²) in [7, 11) is -3.46. The molecule has 1 fully saturated rings. The van der Waals surface area contributed by atoms with Crippen LogP contribution in [0.3, 0.4) is 0 Å². The Morgan fingerprint density at radius 3 is 2.47 bits per heavy atom. The Kier molecular flexibility index (Phi) is 3.77. The molecule has 1 aromatic rings. The van der Waals surface area contributed by atoms with Crippen LogP contribution in [0.2, 0.25) is 0 Å². The summed E-state index contributed by atoms with van der Waals surface area (Å²) in [5.41, 5.74) is 12.1. The maximum absolute atomic E-state index is 12.2. The Morgan fingerprint density at radius 1 is 1.32 bits per heavy atom. The van der Waals surface area contributed by atoms with Gasteiger partial charge in [-0.1, -0.05) is 18.2 Å². The molecule has 1 amide bonds. The Hall–Kier alpha value is -1.60. The number of nitrogens with two attached hydrogens (primary N) is 2. The van der Waals surface area contributed by atoms with Crippen molar-refractivity contribution in [1.82, 2.24) is 4.31 Å². The molecule has 19 heavy (non-hydrogen) atoms. The first-order valence-corrected chi connectivity index (χ1v) is 7.52. The molecule has 4 N–H and O–H groups in total. The second-order valence-corrected chi connectivity index (χ2v) is 6.89. The summed E-state index contributed by atoms with van der Waals surface area (Å²) in [6.45, 7) is -0.235. The van der Waals surface area contributed by atoms with Gasteiger partial charge in [-0.05, 0) is 24.5 Å². The van der Waals surface area contributed by atoms with E-state index in [1.165, 1.54) is 0 Å². The molecule has 1 aromatic carbocycles. The number of nitrogen functional groups attached to an aromatic ring is 1. The molecule has 0 aromatic heterocycles. The highest BCUT2D eigenvalue weighted by Gasteiger charge is 2.40. The van der Waals surface area contributed by atoms with Crippen LogP contribution in [-0.4, -0.2) is 30.4 Å². The number of para-hydroxylation sites is 1. The second kappa shape index (κ2) is 5.18. The van der Waals surface area contributed by atoms with Crippen LogP contribution in [0.1, 0.15) is 18.4 Å². The SMILES string of the molecule is NC(=O)CN(Cc1ccccc1N)S(=O)(=O)C1CC1. The molecule has 0 bridgehead atoms. The van der Waals surface area contributed by atoms with Gasteiger partial charge in [0.25, 0.3) is 0 Å². The van der Waals surface area contributed by atoms with Crippen molar-refractivity contribution < 1.29 is 13.2 Å². The third-order valence-electron chi connectivity index (χ3n) is 3.04. The maximum Gasteiger partial charge on any atom is 0.232 e. The molecular weight excluding hydrogens is 266 g/mol. The van der Waals surface area contributed by atoms with Crippen molar-refractivity contribution in [3.63, 3.8) is 0 Å². The molecule has 0 saturated heterocycles. The first-order chi connectivity index (χ1) is 8.91. The van der Waals surface area contributed by atoms with E-state index in [-0.39, 0.29) is 18.3 Å². The predicted octanol–water partition coefficient (Wildman–Crippen LogP) is 0.0483. The first kappa shape index (κ1) is 13.8. The molecule has 7 heteroatoms. The lowest BCUT2D eigenvalue weighted by Crippen LogP contribution is -2.39. The molecule has 104 valence electrons. The van der Waals surface area contributed by atoms with E-state index in [4.69, 9.17) is 11.5 Å². The molecule has 0 aliphatic heterocycles. The number of carbonyl (C=O) groups is 1. The van der Waals surface area contributed by atoms with Gasteiger partial charge in [0.05, 0.1) is 11.8 Å². The number of anilines is 1. The molecule has 0 spiro atoms. The van der Waals surface area contributed by atoms with Crippen LogP contribution in [0.15, 0.2) is 24.3 Å². The molecule has 6 nitrogen and oxygen atoms in total. The monoisotopic (exact) mass is 283 g/mol. The molecular formula is C12H17N3O3S. The van der Waals surface area contributed by atoms with E-state index in [0.717, 1.165) is 4.31 Å². The van der Waals surface area contributed by atoms with Gasteiger partial charge in [-0.15, -0.1) is 0 Å². The minimum Gasteiger partial charge on any atom is -0.398 e. The summed E-state index contributed by atoms with van der Waals surface area (Å²) in [6, 6.07) is 6.98. The van der Waals surface area contributed by atoms with E-state index in [1.54, 1.807) is 24.3 Å². The van der Waals surface area contributed by atoms with Crippen molar-refractivity contribution >= 4 is 21.6 Å². The second-order valence-electron chi connectivity index (χ2n) is 4.68. The number of primary amides is 1. The standard InChI is InChI=1S/C12H17N3O3S/c13-11-4-2-1-3-9(11)7-15(8-12(14)16)19(17,18)10-5-6-10/h1-4,10H,5-8,13H2,(H2,14,16). The fourth-order valence-corrected chi connectivity index (χ4v) is 3.63. The van der Waals surface area contributed by atoms with Crippen LogP contribution >= 0.6 is 0 Å². The van der Waals surface area contributed by atoms with Gasteiger partial charge in [-0.25, -0.2) is 8.42 Å². The van der Waals surface area contributed by atoms with Gasteiger partial charge < -0.3 is 11.5 Å². The fraction of sp³-hybridized carbons (Fsp3) is 0.417. The maximum atomic E-state index is 12.2. The zero-order chi connectivity index (χ0) is 14.0. The summed E-state index contributed by atoms with van der Waals surface area (Å²) < 4.78 is 25.6. The number of rotatable bonds is 6. The number of sulfonamides is 1. The largest absolute Gasteiger partial charge is 0.398 e. The Morgan fingerprint density at radius 2 is 1.95 bits per heavy atom. The van der Waals surface area contributed by atoms with E-state index in [0.29, 0.717) is 24.1 Å². The van der Waals surface area contributed by atoms with Crippen LogP contribution < -0.4 is 11.5 Å². The van der Waals surface area contributed by atoms with Gasteiger partial charge in [0.2, 0.25) is 15.9 Å². The number of hydrogen-bond donors (Lipinski definition) is 2. The summed E-state index contributed by atoms with van der Waals surface area (Å²) in [5, 5.41) is -0.378. The van der Waals surface area contributed by atoms with Crippen molar-refractivity contribution in [3.8, 4) is 0 Å². The van der Waals surface area contributed by atoms with Crippen molar-refractivity contribution in [2.75, 3.05) is 12.3 Å². The highest BCUT2D eigenvalue weighted by Crippen LogP contribution is 2.32. The summed E-state index contributed by atoms with van der Waals surface area (Å²) >= 11 is 0. The number of amides is 1. The normalized spacial score (nSPS) is 15.6. The van der Waals surface area contributed by atoms with E-state index in [1.807, 2.05) is 0 Å². The van der Waals surface area contributed by atoms with Gasteiger partial charge in [-0.2, -0.15) is 4.31 Å². The fourth-order valence-electron chi connectivity index (χ4n) is 1.85. The summed E-state index contributed by atoms with van der Waals surface area (Å²) in [5.74, 6) is -0.668. The van der Waals surface area contributed by atoms with Gasteiger partial charge in [0.15, 0.2) is 0 Å². The van der Waals surface area contributed by atoms with E-state index < -0.39 is 15.9 Å². The lowest BCUT2D eigenvalue weighted by atomic mass is 10.2. The van der Waals surface area contributed by atoms with Crippen LogP contribution in [0, 0.1) is 0 Å². The third kappa shape index (κ3) is 3.24. The van der Waals surface area contributed by atoms with Crippen molar-refractivity contribution in [2.45, 2.75) is 24.6 Å². The minimum absolute atomic E-state index is 0.0778. The first-order valence-electron chi connectivity index (χ1n) is 6.02. The number of carbonyl (C=O) groups excluding carboxylic acids is 1. The van der Waals surface area contributed by atoms with E-state index in [9.17, 15) is 13.2 Å². The summed E-state index contributed by atoms with van der Waals surface area (Å²) in [6.07, 6.45) is 1.28. The quantitative estimate of drug-likeness (QED) is 0.719. The number of benzene rings is 1. The van der Waals surface area contributed by atoms with Crippen LogP contribution in [-0.2, 0) is 21.4 Å². The molecule has 0 radical (unpaired) electrons. The zero-order valence-corrected chi connectivity index (χ0v) is 11.3. The molecule has 1 saturated carbocycles. The van der Waals surface area contributed by atoms with Crippen molar-refractivity contribution in [2.24, 2.45) is 5.73 Å². The van der Waals surface area contributed by atoms with E-state index >= 15 is 0 Å². The Labute approximate surface area is 112 Å². The number of nitrogens with zero attached hydrogens (tertiary/aromatic N) is 1. The van der Waals surface area contributed by atoms with E-state index in [2.05, 4.69) is 0 Å². The number of hydrogen-bond acceptors (Lipinski definition) is 4. The minimum atomic E-state index is -3.46. The van der Waals surface area contributed by atoms with Crippen LogP contribution in [0.4, 0.5) is 5.69 Å². The Balaban J connectivity index is 2.24. The molecule has 2 rings (SSSR count). The molecule has 0 heterocycles. The average molecular weight is 283 g/mol. The topological polar surface area (TPSA) is 106 Å². The Bertz CT molecular complexity index is 582. The molecule has 1 aliphatic carbocycles. The zero-order valence-electron chi connectivity index (χ0n) is 10.5. The van der Waals surface area contributed by atoms with Gasteiger partial charge in [-0.3, -0.25) is 4.79 Å². The smallest absolute Gasteiger partial charge is 0.232 e. The molecule has 0 atom stereocenters. The molecule has 1 aliphatic rings. The highest BCUT2D eigenvalue weighted by atomic mass is 32.2. The lowest BCUT2D eigenvalue weighted by Gasteiger charge is -2.21. The predicted molar refractivity (Wildman–Crippen MR) is 72.4 cm³/mol. The highest BCUT2D eigenvalue weighted by molar-refractivity contribution is 7.90. The lowest BCUT2D eigenvalue weighted by molar-refractivity contribution is -0.118. The van der Waals surface area contributed by atoms with Crippen LogP contribution in [0.25, 0.3) is 0 Å². The summed E-state index contributed by atoms with van der Waals surface area (Å²) in [4.78, 5) is 11.1. The van der Waals surface area contributed by atoms with Crippen LogP contribution in [0.5, 0.6) is 0 Å². The van der Waals surface area contributed by atoms with Crippen molar-refractivity contribution in [3.05, 3.63) is 29.8 Å². The average Bonchev–Trinajstić information content (AvgIpc) is 3.14.